The Morgan fingerprint density at radius 2 is 1.93 bits per heavy atom. The first-order valence-electron chi connectivity index (χ1n) is 4.22. The molecule has 1 N–H and O–H groups in total. The molecular formula is C10H7Cl2N3. The predicted octanol–water partition coefficient (Wildman–Crippen LogP) is 2.66. The van der Waals surface area contributed by atoms with Crippen molar-refractivity contribution in [2.24, 2.45) is 0 Å². The van der Waals surface area contributed by atoms with E-state index < -0.39 is 0 Å². The van der Waals surface area contributed by atoms with Crippen molar-refractivity contribution < 1.29 is 0 Å². The van der Waals surface area contributed by atoms with Gasteiger partial charge in [-0.25, -0.2) is 4.68 Å². The van der Waals surface area contributed by atoms with E-state index in [1.807, 2.05) is 6.07 Å². The van der Waals surface area contributed by atoms with Crippen LogP contribution < -0.4 is 5.36 Å². The minimum Gasteiger partial charge on any atom is -0.299 e. The summed E-state index contributed by atoms with van der Waals surface area (Å²) in [5.74, 6) is 0. The van der Waals surface area contributed by atoms with Gasteiger partial charge in [-0.1, -0.05) is 23.2 Å². The molecule has 0 amide bonds. The number of halogens is 2. The lowest BCUT2D eigenvalue weighted by Gasteiger charge is -2.05. The Balaban J connectivity index is 2.50. The van der Waals surface area contributed by atoms with Crippen LogP contribution in [-0.4, -0.2) is 9.78 Å². The van der Waals surface area contributed by atoms with Gasteiger partial charge in [-0.15, -0.1) is 0 Å². The van der Waals surface area contributed by atoms with Gasteiger partial charge in [-0.3, -0.25) is 5.41 Å². The Kier molecular flexibility index (Phi) is 2.75. The van der Waals surface area contributed by atoms with Crippen LogP contribution in [-0.2, 0) is 0 Å². The first-order chi connectivity index (χ1) is 7.16. The number of benzene rings is 1. The second-order valence-corrected chi connectivity index (χ2v) is 3.77. The molecule has 0 fully saturated rings. The molecule has 0 saturated carbocycles. The van der Waals surface area contributed by atoms with Crippen LogP contribution in [0.3, 0.4) is 0 Å². The highest BCUT2D eigenvalue weighted by Gasteiger charge is 2.00. The maximum atomic E-state index is 7.31. The lowest BCUT2D eigenvalue weighted by molar-refractivity contribution is 0.829. The molecule has 1 aromatic carbocycles. The van der Waals surface area contributed by atoms with E-state index in [1.165, 1.54) is 6.20 Å². The molecule has 0 spiro atoms. The Morgan fingerprint density at radius 3 is 2.53 bits per heavy atom. The zero-order valence-electron chi connectivity index (χ0n) is 7.61. The van der Waals surface area contributed by atoms with Gasteiger partial charge in [0, 0.05) is 6.20 Å². The minimum atomic E-state index is 0.367. The van der Waals surface area contributed by atoms with Crippen molar-refractivity contribution in [1.82, 2.24) is 9.78 Å². The molecule has 0 unspecified atom stereocenters. The SMILES string of the molecule is N=c1ccn(-c2ccc(Cl)c(Cl)c2)nc1. The highest BCUT2D eigenvalue weighted by molar-refractivity contribution is 6.42. The molecular weight excluding hydrogens is 233 g/mol. The molecule has 5 heteroatoms. The number of nitrogens with zero attached hydrogens (tertiary/aromatic N) is 2. The van der Waals surface area contributed by atoms with E-state index in [0.29, 0.717) is 15.4 Å². The lowest BCUT2D eigenvalue weighted by Crippen LogP contribution is -2.06. The summed E-state index contributed by atoms with van der Waals surface area (Å²) >= 11 is 11.7. The Morgan fingerprint density at radius 1 is 1.13 bits per heavy atom. The van der Waals surface area contributed by atoms with Crippen LogP contribution in [0.5, 0.6) is 0 Å². The molecule has 2 rings (SSSR count). The summed E-state index contributed by atoms with van der Waals surface area (Å²) in [6.07, 6.45) is 3.16. The zero-order valence-corrected chi connectivity index (χ0v) is 9.13. The number of rotatable bonds is 1. The summed E-state index contributed by atoms with van der Waals surface area (Å²) < 4.78 is 1.63. The van der Waals surface area contributed by atoms with E-state index in [1.54, 1.807) is 29.1 Å². The third-order valence-corrected chi connectivity index (χ3v) is 2.62. The molecule has 0 aliphatic heterocycles. The van der Waals surface area contributed by atoms with E-state index >= 15 is 0 Å². The average molecular weight is 240 g/mol. The van der Waals surface area contributed by atoms with Gasteiger partial charge >= 0.3 is 0 Å². The van der Waals surface area contributed by atoms with Crippen molar-refractivity contribution in [2.45, 2.75) is 0 Å². The van der Waals surface area contributed by atoms with E-state index in [0.717, 1.165) is 5.69 Å². The fourth-order valence-corrected chi connectivity index (χ4v) is 1.43. The minimum absolute atomic E-state index is 0.367. The fraction of sp³-hybridized carbons (Fsp3) is 0. The molecule has 0 aliphatic carbocycles. The fourth-order valence-electron chi connectivity index (χ4n) is 1.14. The first kappa shape index (κ1) is 10.2. The number of hydrogen-bond acceptors (Lipinski definition) is 2. The monoisotopic (exact) mass is 239 g/mol. The summed E-state index contributed by atoms with van der Waals surface area (Å²) in [6, 6.07) is 6.89. The second kappa shape index (κ2) is 4.04. The van der Waals surface area contributed by atoms with E-state index in [-0.39, 0.29) is 0 Å². The molecule has 0 radical (unpaired) electrons. The van der Waals surface area contributed by atoms with Crippen LogP contribution in [0, 0.1) is 5.41 Å². The van der Waals surface area contributed by atoms with Gasteiger partial charge in [0.1, 0.15) is 0 Å². The average Bonchev–Trinajstić information content (AvgIpc) is 2.23. The highest BCUT2D eigenvalue weighted by atomic mass is 35.5. The van der Waals surface area contributed by atoms with Crippen LogP contribution in [0.4, 0.5) is 0 Å². The molecule has 0 atom stereocenters. The molecule has 15 heavy (non-hydrogen) atoms. The highest BCUT2D eigenvalue weighted by Crippen LogP contribution is 2.23. The van der Waals surface area contributed by atoms with Gasteiger partial charge in [0.05, 0.1) is 27.3 Å². The van der Waals surface area contributed by atoms with Crippen LogP contribution in [0.1, 0.15) is 0 Å². The third-order valence-electron chi connectivity index (χ3n) is 1.88. The van der Waals surface area contributed by atoms with Crippen molar-refractivity contribution in [3.8, 4) is 5.69 Å². The summed E-state index contributed by atoms with van der Waals surface area (Å²) in [6.45, 7) is 0. The molecule has 0 aliphatic rings. The van der Waals surface area contributed by atoms with Crippen LogP contribution in [0.15, 0.2) is 36.7 Å². The van der Waals surface area contributed by atoms with Gasteiger partial charge in [-0.05, 0) is 24.3 Å². The van der Waals surface area contributed by atoms with Crippen molar-refractivity contribution in [1.29, 1.82) is 5.41 Å². The van der Waals surface area contributed by atoms with Crippen molar-refractivity contribution in [3.63, 3.8) is 0 Å². The van der Waals surface area contributed by atoms with E-state index in [2.05, 4.69) is 5.10 Å². The number of nitrogens with one attached hydrogen (secondary N) is 1. The second-order valence-electron chi connectivity index (χ2n) is 2.96. The largest absolute Gasteiger partial charge is 0.299 e. The molecule has 0 saturated heterocycles. The maximum absolute atomic E-state index is 7.31. The molecule has 1 aromatic heterocycles. The van der Waals surface area contributed by atoms with Gasteiger partial charge in [0.2, 0.25) is 0 Å². The smallest absolute Gasteiger partial charge is 0.0756 e. The summed E-state index contributed by atoms with van der Waals surface area (Å²) in [5, 5.41) is 12.7. The summed E-state index contributed by atoms with van der Waals surface area (Å²) in [7, 11) is 0. The van der Waals surface area contributed by atoms with Crippen molar-refractivity contribution >= 4 is 23.2 Å². The predicted molar refractivity (Wildman–Crippen MR) is 59.4 cm³/mol. The third kappa shape index (κ3) is 2.19. The normalized spacial score (nSPS) is 10.3. The van der Waals surface area contributed by atoms with Gasteiger partial charge in [-0.2, -0.15) is 5.10 Å². The van der Waals surface area contributed by atoms with E-state index in [9.17, 15) is 0 Å². The lowest BCUT2D eigenvalue weighted by atomic mass is 10.3. The Labute approximate surface area is 96.4 Å². The summed E-state index contributed by atoms with van der Waals surface area (Å²) in [5.41, 5.74) is 0.810. The first-order valence-corrected chi connectivity index (χ1v) is 4.97. The van der Waals surface area contributed by atoms with Crippen LogP contribution >= 0.6 is 23.2 Å². The van der Waals surface area contributed by atoms with Gasteiger partial charge in [0.25, 0.3) is 0 Å². The van der Waals surface area contributed by atoms with Gasteiger partial charge < -0.3 is 0 Å². The molecule has 0 bridgehead atoms. The number of hydrogen-bond donors (Lipinski definition) is 1. The van der Waals surface area contributed by atoms with Crippen molar-refractivity contribution in [3.05, 3.63) is 52.1 Å². The van der Waals surface area contributed by atoms with Crippen LogP contribution in [0.2, 0.25) is 10.0 Å². The standard InChI is InChI=1S/C10H7Cl2N3/c11-9-2-1-8(5-10(9)12)15-4-3-7(13)6-14-15/h1-6,13H. The molecule has 76 valence electrons. The Bertz CT molecular complexity index is 528. The number of aromatic nitrogens is 2. The quantitative estimate of drug-likeness (QED) is 0.817. The van der Waals surface area contributed by atoms with Crippen molar-refractivity contribution in [2.75, 3.05) is 0 Å². The maximum Gasteiger partial charge on any atom is 0.0756 e. The Hall–Kier alpha value is -1.32. The zero-order chi connectivity index (χ0) is 10.8. The molecule has 1 heterocycles. The molecule has 3 nitrogen and oxygen atoms in total. The van der Waals surface area contributed by atoms with E-state index in [4.69, 9.17) is 28.6 Å². The topological polar surface area (TPSA) is 41.7 Å². The summed E-state index contributed by atoms with van der Waals surface area (Å²) in [4.78, 5) is 0. The molecule has 2 aromatic rings. The van der Waals surface area contributed by atoms with Gasteiger partial charge in [0.15, 0.2) is 0 Å². The van der Waals surface area contributed by atoms with Crippen LogP contribution in [0.25, 0.3) is 5.69 Å².